The zero-order chi connectivity index (χ0) is 22.9. The first-order chi connectivity index (χ1) is 15.5. The Morgan fingerprint density at radius 2 is 1.59 bits per heavy atom. The lowest BCUT2D eigenvalue weighted by Crippen LogP contribution is -2.37. The summed E-state index contributed by atoms with van der Waals surface area (Å²) in [5, 5.41) is 30.3. The third-order valence-corrected chi connectivity index (χ3v) is 5.98. The van der Waals surface area contributed by atoms with Crippen molar-refractivity contribution in [3.05, 3.63) is 101 Å². The Bertz CT molecular complexity index is 973. The quantitative estimate of drug-likeness (QED) is 0.398. The van der Waals surface area contributed by atoms with Crippen LogP contribution in [0.25, 0.3) is 0 Å². The number of hydrogen-bond acceptors (Lipinski definition) is 4. The smallest absolute Gasteiger partial charge is 0.121 e. The Labute approximate surface area is 191 Å². The van der Waals surface area contributed by atoms with Crippen LogP contribution in [0.15, 0.2) is 72.8 Å². The van der Waals surface area contributed by atoms with Gasteiger partial charge >= 0.3 is 0 Å². The molecule has 3 aromatic carbocycles. The first-order valence-corrected chi connectivity index (χ1v) is 11.5. The van der Waals surface area contributed by atoms with E-state index >= 15 is 0 Å². The number of nitrogens with zero attached hydrogens (tertiary/aromatic N) is 1. The van der Waals surface area contributed by atoms with Gasteiger partial charge in [0.15, 0.2) is 0 Å². The van der Waals surface area contributed by atoms with E-state index in [0.717, 1.165) is 25.8 Å². The summed E-state index contributed by atoms with van der Waals surface area (Å²) in [6.45, 7) is 5.34. The highest BCUT2D eigenvalue weighted by atomic mass is 16.3. The summed E-state index contributed by atoms with van der Waals surface area (Å²) < 4.78 is 0. The number of aliphatic hydroxyl groups excluding tert-OH is 2. The van der Waals surface area contributed by atoms with Gasteiger partial charge in [-0.1, -0.05) is 74.0 Å². The summed E-state index contributed by atoms with van der Waals surface area (Å²) in [5.74, 6) is 0.0462. The zero-order valence-corrected chi connectivity index (χ0v) is 19.1. The molecule has 3 N–H and O–H groups in total. The largest absolute Gasteiger partial charge is 0.508 e. The van der Waals surface area contributed by atoms with Crippen LogP contribution in [-0.2, 0) is 26.0 Å². The van der Waals surface area contributed by atoms with Crippen molar-refractivity contribution < 1.29 is 15.3 Å². The maximum atomic E-state index is 11.0. The Morgan fingerprint density at radius 1 is 0.875 bits per heavy atom. The number of phenols is 1. The van der Waals surface area contributed by atoms with Crippen LogP contribution in [0, 0.1) is 0 Å². The average Bonchev–Trinajstić information content (AvgIpc) is 2.80. The van der Waals surface area contributed by atoms with Crippen molar-refractivity contribution in [1.29, 1.82) is 0 Å². The van der Waals surface area contributed by atoms with E-state index < -0.39 is 6.10 Å². The van der Waals surface area contributed by atoms with E-state index in [4.69, 9.17) is 0 Å². The van der Waals surface area contributed by atoms with Crippen LogP contribution in [0.2, 0.25) is 0 Å². The van der Waals surface area contributed by atoms with E-state index in [2.05, 4.69) is 55.1 Å². The van der Waals surface area contributed by atoms with E-state index in [1.807, 2.05) is 18.2 Å². The van der Waals surface area contributed by atoms with E-state index in [9.17, 15) is 15.3 Å². The predicted octanol–water partition coefficient (Wildman–Crippen LogP) is 5.00. The van der Waals surface area contributed by atoms with Crippen molar-refractivity contribution in [2.75, 3.05) is 6.54 Å². The van der Waals surface area contributed by atoms with Crippen LogP contribution in [-0.4, -0.2) is 32.8 Å². The minimum atomic E-state index is -0.724. The molecule has 0 amide bonds. The number of aromatic hydroxyl groups is 1. The Kier molecular flexibility index (Phi) is 8.86. The lowest BCUT2D eigenvalue weighted by Gasteiger charge is -2.31. The molecule has 0 bridgehead atoms. The number of aliphatic hydroxyl groups is 2. The molecule has 170 valence electrons. The van der Waals surface area contributed by atoms with Crippen molar-refractivity contribution in [2.45, 2.75) is 58.4 Å². The molecule has 0 aliphatic rings. The van der Waals surface area contributed by atoms with Gasteiger partial charge in [0.05, 0.1) is 12.7 Å². The van der Waals surface area contributed by atoms with Crippen LogP contribution < -0.4 is 0 Å². The number of hydrogen-bond donors (Lipinski definition) is 3. The normalized spacial score (nSPS) is 13.3. The summed E-state index contributed by atoms with van der Waals surface area (Å²) in [7, 11) is 0. The molecule has 0 aliphatic heterocycles. The molecule has 4 heteroatoms. The van der Waals surface area contributed by atoms with Gasteiger partial charge in [-0.2, -0.15) is 0 Å². The fraction of sp³-hybridized carbons (Fsp3) is 0.357. The minimum absolute atomic E-state index is 0.0462. The number of benzene rings is 3. The highest BCUT2D eigenvalue weighted by molar-refractivity contribution is 5.36. The standard InChI is InChI=1S/C28H35NO3/c1-3-8-22-11-7-12-24(16-22)15-21(2)29(18-23-9-5-4-6-10-23)19-28(32)25-13-14-27(31)26(17-25)20-30/h4-7,9-14,16-17,21,28,30-32H,3,8,15,18-20H2,1-2H3/t21-,28+/m1/s1. The van der Waals surface area contributed by atoms with Gasteiger partial charge in [-0.3, -0.25) is 4.90 Å². The summed E-state index contributed by atoms with van der Waals surface area (Å²) in [5.41, 5.74) is 5.00. The molecule has 2 atom stereocenters. The molecule has 3 aromatic rings. The van der Waals surface area contributed by atoms with E-state index in [1.54, 1.807) is 12.1 Å². The monoisotopic (exact) mass is 433 g/mol. The molecule has 3 rings (SSSR count). The van der Waals surface area contributed by atoms with Gasteiger partial charge in [0.1, 0.15) is 5.75 Å². The number of rotatable bonds is 11. The lowest BCUT2D eigenvalue weighted by atomic mass is 9.99. The SMILES string of the molecule is CCCc1cccc(C[C@@H](C)N(Cc2ccccc2)C[C@H](O)c2ccc(O)c(CO)c2)c1. The van der Waals surface area contributed by atoms with Gasteiger partial charge in [0, 0.05) is 24.7 Å². The fourth-order valence-electron chi connectivity index (χ4n) is 4.16. The predicted molar refractivity (Wildman–Crippen MR) is 129 cm³/mol. The Hall–Kier alpha value is -2.66. The minimum Gasteiger partial charge on any atom is -0.508 e. The van der Waals surface area contributed by atoms with Crippen LogP contribution in [0.1, 0.15) is 54.2 Å². The molecular formula is C28H35NO3. The van der Waals surface area contributed by atoms with Crippen molar-refractivity contribution in [2.24, 2.45) is 0 Å². The van der Waals surface area contributed by atoms with Crippen molar-refractivity contribution in [3.63, 3.8) is 0 Å². The molecule has 4 nitrogen and oxygen atoms in total. The van der Waals surface area contributed by atoms with Crippen LogP contribution >= 0.6 is 0 Å². The zero-order valence-electron chi connectivity index (χ0n) is 19.1. The molecule has 0 saturated heterocycles. The maximum Gasteiger partial charge on any atom is 0.121 e. The molecule has 0 heterocycles. The molecule has 0 fully saturated rings. The first kappa shape index (κ1) is 24.0. The molecule has 0 unspecified atom stereocenters. The van der Waals surface area contributed by atoms with Gasteiger partial charge in [-0.15, -0.1) is 0 Å². The van der Waals surface area contributed by atoms with Gasteiger partial charge in [0.25, 0.3) is 0 Å². The maximum absolute atomic E-state index is 11.0. The van der Waals surface area contributed by atoms with Crippen LogP contribution in [0.5, 0.6) is 5.75 Å². The van der Waals surface area contributed by atoms with E-state index in [-0.39, 0.29) is 18.4 Å². The second-order valence-electron chi connectivity index (χ2n) is 8.60. The van der Waals surface area contributed by atoms with Crippen molar-refractivity contribution in [3.8, 4) is 5.75 Å². The van der Waals surface area contributed by atoms with E-state index in [0.29, 0.717) is 17.7 Å². The third-order valence-electron chi connectivity index (χ3n) is 5.98. The van der Waals surface area contributed by atoms with Crippen LogP contribution in [0.3, 0.4) is 0 Å². The molecular weight excluding hydrogens is 398 g/mol. The average molecular weight is 434 g/mol. The summed E-state index contributed by atoms with van der Waals surface area (Å²) >= 11 is 0. The van der Waals surface area contributed by atoms with Gasteiger partial charge in [-0.05, 0) is 54.2 Å². The molecule has 0 aromatic heterocycles. The van der Waals surface area contributed by atoms with Crippen molar-refractivity contribution >= 4 is 0 Å². The second-order valence-corrected chi connectivity index (χ2v) is 8.60. The highest BCUT2D eigenvalue weighted by Gasteiger charge is 2.20. The summed E-state index contributed by atoms with van der Waals surface area (Å²) in [6, 6.07) is 24.3. The molecule has 0 spiro atoms. The number of aryl methyl sites for hydroxylation is 1. The van der Waals surface area contributed by atoms with Crippen molar-refractivity contribution in [1.82, 2.24) is 4.90 Å². The molecule has 32 heavy (non-hydrogen) atoms. The Balaban J connectivity index is 1.79. The molecule has 0 aliphatic carbocycles. The topological polar surface area (TPSA) is 63.9 Å². The molecule has 0 saturated carbocycles. The highest BCUT2D eigenvalue weighted by Crippen LogP contribution is 2.25. The fourth-order valence-corrected chi connectivity index (χ4v) is 4.16. The van der Waals surface area contributed by atoms with Gasteiger partial charge in [0.2, 0.25) is 0 Å². The first-order valence-electron chi connectivity index (χ1n) is 11.5. The summed E-state index contributed by atoms with van der Waals surface area (Å²) in [4.78, 5) is 2.30. The van der Waals surface area contributed by atoms with Gasteiger partial charge in [-0.25, -0.2) is 0 Å². The lowest BCUT2D eigenvalue weighted by molar-refractivity contribution is 0.0857. The van der Waals surface area contributed by atoms with Crippen LogP contribution in [0.4, 0.5) is 0 Å². The van der Waals surface area contributed by atoms with E-state index in [1.165, 1.54) is 22.8 Å². The van der Waals surface area contributed by atoms with Gasteiger partial charge < -0.3 is 15.3 Å². The molecule has 0 radical (unpaired) electrons. The Morgan fingerprint density at radius 3 is 2.31 bits per heavy atom. The second kappa shape index (κ2) is 11.8. The summed E-state index contributed by atoms with van der Waals surface area (Å²) in [6.07, 6.45) is 2.39. The third kappa shape index (κ3) is 6.67.